The van der Waals surface area contributed by atoms with Gasteiger partial charge in [-0.3, -0.25) is 14.9 Å². The first-order valence-corrected chi connectivity index (χ1v) is 10.9. The number of carboxylic acid groups (broad SMARTS) is 1. The SMILES string of the molecule is O=C1NC(=O)N(c2ccc(F)cc2)C(=O)/C1=C/c1ccc(OCc2ccc(C(=O)O)cc2)c(Br)c1. The lowest BCUT2D eigenvalue weighted by molar-refractivity contribution is -0.122. The van der Waals surface area contributed by atoms with Crippen molar-refractivity contribution in [3.05, 3.63) is 99.3 Å². The highest BCUT2D eigenvalue weighted by molar-refractivity contribution is 9.10. The van der Waals surface area contributed by atoms with Crippen LogP contribution in [0, 0.1) is 5.82 Å². The van der Waals surface area contributed by atoms with E-state index in [0.717, 1.165) is 22.6 Å². The maximum atomic E-state index is 13.2. The summed E-state index contributed by atoms with van der Waals surface area (Å²) in [6.07, 6.45) is 1.33. The summed E-state index contributed by atoms with van der Waals surface area (Å²) in [7, 11) is 0. The Morgan fingerprint density at radius 1 is 1.03 bits per heavy atom. The number of nitrogens with zero attached hydrogens (tertiary/aromatic N) is 1. The summed E-state index contributed by atoms with van der Waals surface area (Å²) in [4.78, 5) is 49.2. The van der Waals surface area contributed by atoms with Crippen LogP contribution in [0.15, 0.2) is 76.8 Å². The molecule has 1 aliphatic heterocycles. The first kappa shape index (κ1) is 23.8. The average Bonchev–Trinajstić information content (AvgIpc) is 2.82. The molecule has 0 unspecified atom stereocenters. The molecule has 4 amide bonds. The Labute approximate surface area is 206 Å². The van der Waals surface area contributed by atoms with Crippen LogP contribution in [-0.2, 0) is 16.2 Å². The van der Waals surface area contributed by atoms with Crippen LogP contribution in [0.4, 0.5) is 14.9 Å². The third-order valence-corrected chi connectivity index (χ3v) is 5.67. The van der Waals surface area contributed by atoms with E-state index in [0.29, 0.717) is 15.8 Å². The van der Waals surface area contributed by atoms with Crippen LogP contribution in [0.5, 0.6) is 5.75 Å². The van der Waals surface area contributed by atoms with Crippen LogP contribution < -0.4 is 15.0 Å². The molecule has 1 fully saturated rings. The predicted octanol–water partition coefficient (Wildman–Crippen LogP) is 4.53. The van der Waals surface area contributed by atoms with Gasteiger partial charge in [0, 0.05) is 0 Å². The molecule has 0 radical (unpaired) electrons. The van der Waals surface area contributed by atoms with Crippen molar-refractivity contribution < 1.29 is 33.4 Å². The lowest BCUT2D eigenvalue weighted by atomic mass is 10.1. The number of imide groups is 2. The molecule has 8 nitrogen and oxygen atoms in total. The third-order valence-electron chi connectivity index (χ3n) is 5.05. The summed E-state index contributed by atoms with van der Waals surface area (Å²) in [5, 5.41) is 11.1. The normalized spacial score (nSPS) is 14.7. The molecule has 176 valence electrons. The van der Waals surface area contributed by atoms with E-state index in [-0.39, 0.29) is 23.4 Å². The number of carbonyl (C=O) groups excluding carboxylic acids is 3. The van der Waals surface area contributed by atoms with Gasteiger partial charge in [0.1, 0.15) is 23.7 Å². The Kier molecular flexibility index (Phi) is 6.74. The molecular weight excluding hydrogens is 523 g/mol. The van der Waals surface area contributed by atoms with Crippen molar-refractivity contribution in [2.75, 3.05) is 4.90 Å². The minimum Gasteiger partial charge on any atom is -0.488 e. The molecule has 35 heavy (non-hydrogen) atoms. The molecule has 0 atom stereocenters. The van der Waals surface area contributed by atoms with Gasteiger partial charge in [-0.2, -0.15) is 0 Å². The zero-order valence-corrected chi connectivity index (χ0v) is 19.4. The summed E-state index contributed by atoms with van der Waals surface area (Å²) >= 11 is 3.39. The molecule has 0 saturated carbocycles. The number of halogens is 2. The number of hydrogen-bond donors (Lipinski definition) is 2. The molecule has 1 aliphatic rings. The van der Waals surface area contributed by atoms with Gasteiger partial charge in [0.15, 0.2) is 0 Å². The average molecular weight is 539 g/mol. The van der Waals surface area contributed by atoms with Crippen LogP contribution in [0.3, 0.4) is 0 Å². The molecule has 1 saturated heterocycles. The van der Waals surface area contributed by atoms with Crippen molar-refractivity contribution in [1.29, 1.82) is 0 Å². The van der Waals surface area contributed by atoms with Gasteiger partial charge in [0.05, 0.1) is 15.7 Å². The highest BCUT2D eigenvalue weighted by Crippen LogP contribution is 2.29. The van der Waals surface area contributed by atoms with Crippen molar-refractivity contribution in [2.24, 2.45) is 0 Å². The number of benzene rings is 3. The highest BCUT2D eigenvalue weighted by Gasteiger charge is 2.36. The van der Waals surface area contributed by atoms with Crippen molar-refractivity contribution >= 4 is 51.5 Å². The first-order chi connectivity index (χ1) is 16.7. The number of rotatable bonds is 6. The molecule has 3 aromatic carbocycles. The number of nitrogens with one attached hydrogen (secondary N) is 1. The summed E-state index contributed by atoms with van der Waals surface area (Å²) in [6, 6.07) is 15.0. The lowest BCUT2D eigenvalue weighted by Gasteiger charge is -2.26. The topological polar surface area (TPSA) is 113 Å². The van der Waals surface area contributed by atoms with E-state index < -0.39 is 29.6 Å². The molecule has 3 aromatic rings. The standard InChI is InChI=1S/C25H16BrFN2O6/c26-20-12-15(3-10-21(20)35-13-14-1-4-16(5-2-14)24(32)33)11-19-22(30)28-25(34)29(23(19)31)18-8-6-17(27)7-9-18/h1-12H,13H2,(H,32,33)(H,28,30,34)/b19-11+. The van der Waals surface area contributed by atoms with Gasteiger partial charge in [-0.1, -0.05) is 18.2 Å². The fourth-order valence-electron chi connectivity index (χ4n) is 3.28. The van der Waals surface area contributed by atoms with E-state index in [4.69, 9.17) is 9.84 Å². The summed E-state index contributed by atoms with van der Waals surface area (Å²) < 4.78 is 19.5. The number of carboxylic acids is 1. The lowest BCUT2D eigenvalue weighted by Crippen LogP contribution is -2.54. The number of barbiturate groups is 1. The molecule has 4 rings (SSSR count). The molecule has 2 N–H and O–H groups in total. The monoisotopic (exact) mass is 538 g/mol. The van der Waals surface area contributed by atoms with E-state index >= 15 is 0 Å². The van der Waals surface area contributed by atoms with Crippen LogP contribution in [0.25, 0.3) is 6.08 Å². The minimum atomic E-state index is -1.01. The Balaban J connectivity index is 1.52. The van der Waals surface area contributed by atoms with Gasteiger partial charge in [-0.05, 0) is 81.7 Å². The smallest absolute Gasteiger partial charge is 0.335 e. The summed E-state index contributed by atoms with van der Waals surface area (Å²) in [6.45, 7) is 0.189. The molecule has 0 aromatic heterocycles. The van der Waals surface area contributed by atoms with Crippen molar-refractivity contribution in [2.45, 2.75) is 6.61 Å². The Hall–Kier alpha value is -4.31. The zero-order chi connectivity index (χ0) is 25.1. The molecule has 0 spiro atoms. The van der Waals surface area contributed by atoms with Gasteiger partial charge in [-0.15, -0.1) is 0 Å². The maximum absolute atomic E-state index is 13.2. The van der Waals surface area contributed by atoms with E-state index in [1.165, 1.54) is 30.3 Å². The number of hydrogen-bond acceptors (Lipinski definition) is 5. The predicted molar refractivity (Wildman–Crippen MR) is 127 cm³/mol. The van der Waals surface area contributed by atoms with E-state index in [1.54, 1.807) is 30.3 Å². The summed E-state index contributed by atoms with van der Waals surface area (Å²) in [5.74, 6) is -2.75. The van der Waals surface area contributed by atoms with E-state index in [2.05, 4.69) is 21.2 Å². The quantitative estimate of drug-likeness (QED) is 0.352. The number of urea groups is 1. The van der Waals surface area contributed by atoms with Gasteiger partial charge < -0.3 is 9.84 Å². The minimum absolute atomic E-state index is 0.119. The van der Waals surface area contributed by atoms with Gasteiger partial charge in [0.25, 0.3) is 11.8 Å². The molecule has 0 aliphatic carbocycles. The van der Waals surface area contributed by atoms with Crippen LogP contribution >= 0.6 is 15.9 Å². The van der Waals surface area contributed by atoms with Crippen LogP contribution in [-0.4, -0.2) is 28.9 Å². The number of carbonyl (C=O) groups is 4. The third kappa shape index (κ3) is 5.28. The van der Waals surface area contributed by atoms with Crippen molar-refractivity contribution in [3.8, 4) is 5.75 Å². The number of aromatic carboxylic acids is 1. The first-order valence-electron chi connectivity index (χ1n) is 10.1. The van der Waals surface area contributed by atoms with Gasteiger partial charge in [0.2, 0.25) is 0 Å². The van der Waals surface area contributed by atoms with E-state index in [9.17, 15) is 23.6 Å². The van der Waals surface area contributed by atoms with Gasteiger partial charge >= 0.3 is 12.0 Å². The highest BCUT2D eigenvalue weighted by atomic mass is 79.9. The van der Waals surface area contributed by atoms with Crippen molar-refractivity contribution in [3.63, 3.8) is 0 Å². The largest absolute Gasteiger partial charge is 0.488 e. The fraction of sp³-hybridized carbons (Fsp3) is 0.0400. The second-order valence-corrected chi connectivity index (χ2v) is 8.27. The molecule has 0 bridgehead atoms. The van der Waals surface area contributed by atoms with Crippen molar-refractivity contribution in [1.82, 2.24) is 5.32 Å². The fourth-order valence-corrected chi connectivity index (χ4v) is 3.79. The number of amides is 4. The Morgan fingerprint density at radius 3 is 2.34 bits per heavy atom. The second kappa shape index (κ2) is 9.90. The molecule has 10 heteroatoms. The second-order valence-electron chi connectivity index (χ2n) is 7.41. The van der Waals surface area contributed by atoms with E-state index in [1.807, 2.05) is 0 Å². The molecule has 1 heterocycles. The van der Waals surface area contributed by atoms with Gasteiger partial charge in [-0.25, -0.2) is 18.9 Å². The summed E-state index contributed by atoms with van der Waals surface area (Å²) in [5.41, 5.74) is 1.28. The zero-order valence-electron chi connectivity index (χ0n) is 17.8. The number of ether oxygens (including phenoxy) is 1. The molecular formula is C25H16BrFN2O6. The maximum Gasteiger partial charge on any atom is 0.335 e. The Bertz CT molecular complexity index is 1370. The van der Waals surface area contributed by atoms with Crippen LogP contribution in [0.2, 0.25) is 0 Å². The Morgan fingerprint density at radius 2 is 1.71 bits per heavy atom. The van der Waals surface area contributed by atoms with Crippen LogP contribution in [0.1, 0.15) is 21.5 Å². The number of anilines is 1.